The Balaban J connectivity index is 1.84. The minimum atomic E-state index is -1.02. The summed E-state index contributed by atoms with van der Waals surface area (Å²) in [5.74, 6) is -0.214. The molecule has 8 heteroatoms. The number of nitrogens with one attached hydrogen (secondary N) is 1. The van der Waals surface area contributed by atoms with Gasteiger partial charge in [0.05, 0.1) is 5.56 Å². The van der Waals surface area contributed by atoms with Crippen LogP contribution < -0.4 is 5.32 Å². The van der Waals surface area contributed by atoms with E-state index >= 15 is 0 Å². The highest BCUT2D eigenvalue weighted by Gasteiger charge is 2.09. The molecule has 21 heavy (non-hydrogen) atoms. The standard InChI is InChI=1S/C13H13N3O4S/c1-8-15-11(20-16-8)4-5-14-13(19)9-6-10(21-7-9)2-3-12(17)18/h2-3,6-7H,4-5H2,1H3,(H,14,19)(H,17,18)/b3-2+. The van der Waals surface area contributed by atoms with Crippen LogP contribution in [0, 0.1) is 6.92 Å². The summed E-state index contributed by atoms with van der Waals surface area (Å²) in [6.07, 6.45) is 2.94. The van der Waals surface area contributed by atoms with Crippen molar-refractivity contribution >= 4 is 29.3 Å². The van der Waals surface area contributed by atoms with Gasteiger partial charge >= 0.3 is 5.97 Å². The van der Waals surface area contributed by atoms with Gasteiger partial charge in [0.1, 0.15) is 0 Å². The summed E-state index contributed by atoms with van der Waals surface area (Å²) in [6, 6.07) is 1.64. The summed E-state index contributed by atoms with van der Waals surface area (Å²) < 4.78 is 4.94. The zero-order chi connectivity index (χ0) is 15.2. The van der Waals surface area contributed by atoms with Gasteiger partial charge in [0.2, 0.25) is 5.89 Å². The molecule has 2 rings (SSSR count). The Bertz CT molecular complexity index is 675. The fourth-order valence-corrected chi connectivity index (χ4v) is 2.32. The zero-order valence-electron chi connectivity index (χ0n) is 11.2. The first-order valence-electron chi connectivity index (χ1n) is 6.11. The molecule has 0 saturated carbocycles. The minimum Gasteiger partial charge on any atom is -0.478 e. The van der Waals surface area contributed by atoms with Crippen LogP contribution in [0.2, 0.25) is 0 Å². The van der Waals surface area contributed by atoms with Crippen LogP contribution in [0.15, 0.2) is 22.0 Å². The molecule has 110 valence electrons. The second-order valence-electron chi connectivity index (χ2n) is 4.15. The van der Waals surface area contributed by atoms with Gasteiger partial charge in [0.15, 0.2) is 5.82 Å². The summed E-state index contributed by atoms with van der Waals surface area (Å²) in [5, 5.41) is 16.6. The van der Waals surface area contributed by atoms with Gasteiger partial charge in [-0.3, -0.25) is 4.79 Å². The number of carboxylic acids is 1. The zero-order valence-corrected chi connectivity index (χ0v) is 12.0. The summed E-state index contributed by atoms with van der Waals surface area (Å²) in [7, 11) is 0. The van der Waals surface area contributed by atoms with Gasteiger partial charge in [-0.05, 0) is 19.1 Å². The van der Waals surface area contributed by atoms with E-state index in [-0.39, 0.29) is 5.91 Å². The molecular weight excluding hydrogens is 294 g/mol. The molecule has 0 spiro atoms. The lowest BCUT2D eigenvalue weighted by Crippen LogP contribution is -2.25. The SMILES string of the molecule is Cc1noc(CCNC(=O)c2csc(/C=C/C(=O)O)c2)n1. The maximum absolute atomic E-state index is 11.9. The van der Waals surface area contributed by atoms with Crippen LogP contribution in [0.25, 0.3) is 6.08 Å². The molecule has 2 aromatic heterocycles. The van der Waals surface area contributed by atoms with E-state index in [2.05, 4.69) is 15.5 Å². The van der Waals surface area contributed by atoms with Gasteiger partial charge in [-0.1, -0.05) is 5.16 Å². The van der Waals surface area contributed by atoms with Crippen molar-refractivity contribution < 1.29 is 19.2 Å². The van der Waals surface area contributed by atoms with E-state index in [1.807, 2.05) is 0 Å². The summed E-state index contributed by atoms with van der Waals surface area (Å²) in [4.78, 5) is 27.0. The molecule has 2 aromatic rings. The largest absolute Gasteiger partial charge is 0.478 e. The highest BCUT2D eigenvalue weighted by atomic mass is 32.1. The highest BCUT2D eigenvalue weighted by molar-refractivity contribution is 7.11. The Morgan fingerprint density at radius 1 is 1.52 bits per heavy atom. The monoisotopic (exact) mass is 307 g/mol. The average Bonchev–Trinajstić information content (AvgIpc) is 3.05. The number of carbonyl (C=O) groups excluding carboxylic acids is 1. The van der Waals surface area contributed by atoms with E-state index in [4.69, 9.17) is 9.63 Å². The van der Waals surface area contributed by atoms with E-state index < -0.39 is 5.97 Å². The quantitative estimate of drug-likeness (QED) is 0.784. The Kier molecular flexibility index (Phi) is 4.83. The summed E-state index contributed by atoms with van der Waals surface area (Å²) in [6.45, 7) is 2.11. The molecule has 0 fully saturated rings. The third-order valence-corrected chi connectivity index (χ3v) is 3.36. The maximum atomic E-state index is 11.9. The number of hydrogen-bond acceptors (Lipinski definition) is 6. The topological polar surface area (TPSA) is 105 Å². The predicted octanol–water partition coefficient (Wildman–Crippen LogP) is 1.51. The average molecular weight is 307 g/mol. The number of hydrogen-bond donors (Lipinski definition) is 2. The minimum absolute atomic E-state index is 0.225. The van der Waals surface area contributed by atoms with Gasteiger partial charge < -0.3 is 14.9 Å². The highest BCUT2D eigenvalue weighted by Crippen LogP contribution is 2.16. The maximum Gasteiger partial charge on any atom is 0.328 e. The Morgan fingerprint density at radius 3 is 3.00 bits per heavy atom. The van der Waals surface area contributed by atoms with Gasteiger partial charge in [-0.2, -0.15) is 4.98 Å². The summed E-state index contributed by atoms with van der Waals surface area (Å²) >= 11 is 1.30. The molecule has 0 bridgehead atoms. The second-order valence-corrected chi connectivity index (χ2v) is 5.09. The van der Waals surface area contributed by atoms with Crippen LogP contribution in [-0.4, -0.2) is 33.7 Å². The Labute approximate surface area is 124 Å². The predicted molar refractivity (Wildman–Crippen MR) is 76.1 cm³/mol. The smallest absolute Gasteiger partial charge is 0.328 e. The molecule has 2 N–H and O–H groups in total. The number of thiophene rings is 1. The lowest BCUT2D eigenvalue weighted by Gasteiger charge is -2.00. The molecule has 0 radical (unpaired) electrons. The van der Waals surface area contributed by atoms with E-state index in [0.717, 1.165) is 6.08 Å². The number of aliphatic carboxylic acids is 1. The van der Waals surface area contributed by atoms with Crippen LogP contribution in [0.5, 0.6) is 0 Å². The van der Waals surface area contributed by atoms with Gasteiger partial charge in [-0.15, -0.1) is 11.3 Å². The first-order valence-corrected chi connectivity index (χ1v) is 6.99. The molecule has 0 atom stereocenters. The third kappa shape index (κ3) is 4.53. The first kappa shape index (κ1) is 14.9. The molecule has 0 aliphatic rings. The molecule has 0 aromatic carbocycles. The second kappa shape index (κ2) is 6.80. The van der Waals surface area contributed by atoms with Gasteiger partial charge in [0, 0.05) is 29.3 Å². The van der Waals surface area contributed by atoms with Crippen molar-refractivity contribution in [3.63, 3.8) is 0 Å². The van der Waals surface area contributed by atoms with E-state index in [0.29, 0.717) is 35.1 Å². The fraction of sp³-hybridized carbons (Fsp3) is 0.231. The fourth-order valence-electron chi connectivity index (χ4n) is 1.54. The number of nitrogens with zero attached hydrogens (tertiary/aromatic N) is 2. The van der Waals surface area contributed by atoms with E-state index in [9.17, 15) is 9.59 Å². The van der Waals surface area contributed by atoms with Crippen molar-refractivity contribution in [2.75, 3.05) is 6.54 Å². The molecule has 0 aliphatic carbocycles. The molecule has 1 amide bonds. The lowest BCUT2D eigenvalue weighted by atomic mass is 10.2. The van der Waals surface area contributed by atoms with Crippen molar-refractivity contribution in [3.05, 3.63) is 39.7 Å². The first-order chi connectivity index (χ1) is 10.0. The van der Waals surface area contributed by atoms with E-state index in [1.54, 1.807) is 18.4 Å². The lowest BCUT2D eigenvalue weighted by molar-refractivity contribution is -0.131. The molecule has 2 heterocycles. The Morgan fingerprint density at radius 2 is 2.33 bits per heavy atom. The molecule has 7 nitrogen and oxygen atoms in total. The third-order valence-electron chi connectivity index (χ3n) is 2.47. The van der Waals surface area contributed by atoms with Crippen molar-refractivity contribution in [1.82, 2.24) is 15.5 Å². The molecule has 0 saturated heterocycles. The number of aromatic nitrogens is 2. The van der Waals surface area contributed by atoms with Crippen LogP contribution >= 0.6 is 11.3 Å². The van der Waals surface area contributed by atoms with Gasteiger partial charge in [-0.25, -0.2) is 4.79 Å². The van der Waals surface area contributed by atoms with Crippen LogP contribution in [0.1, 0.15) is 27.0 Å². The number of aryl methyl sites for hydroxylation is 1. The van der Waals surface area contributed by atoms with Crippen LogP contribution in [-0.2, 0) is 11.2 Å². The van der Waals surface area contributed by atoms with E-state index in [1.165, 1.54) is 17.4 Å². The normalized spacial score (nSPS) is 10.9. The number of carboxylic acid groups (broad SMARTS) is 1. The van der Waals surface area contributed by atoms with Crippen molar-refractivity contribution in [2.24, 2.45) is 0 Å². The molecule has 0 unspecified atom stereocenters. The Hall–Kier alpha value is -2.48. The van der Waals surface area contributed by atoms with Crippen molar-refractivity contribution in [3.8, 4) is 0 Å². The molecule has 0 aliphatic heterocycles. The number of carbonyl (C=O) groups is 2. The molecular formula is C13H13N3O4S. The number of amides is 1. The van der Waals surface area contributed by atoms with Gasteiger partial charge in [0.25, 0.3) is 5.91 Å². The van der Waals surface area contributed by atoms with Crippen molar-refractivity contribution in [1.29, 1.82) is 0 Å². The number of rotatable bonds is 6. The van der Waals surface area contributed by atoms with Crippen LogP contribution in [0.3, 0.4) is 0 Å². The summed E-state index contributed by atoms with van der Waals surface area (Å²) in [5.41, 5.74) is 0.492. The van der Waals surface area contributed by atoms with Crippen LogP contribution in [0.4, 0.5) is 0 Å². The van der Waals surface area contributed by atoms with Crippen molar-refractivity contribution in [2.45, 2.75) is 13.3 Å².